The molecule has 2 nitrogen and oxygen atoms in total. The number of likely N-dealkylation sites (tertiary alicyclic amines) is 1. The molecule has 0 bridgehead atoms. The maximum atomic E-state index is 5.91. The Hall–Kier alpha value is -0.730. The van der Waals surface area contributed by atoms with Gasteiger partial charge in [-0.1, -0.05) is 18.0 Å². The predicted octanol–water partition coefficient (Wildman–Crippen LogP) is 3.65. The molecule has 1 aromatic carbocycles. The van der Waals surface area contributed by atoms with Gasteiger partial charge in [0, 0.05) is 30.3 Å². The smallest absolute Gasteiger partial charge is 0.0407 e. The summed E-state index contributed by atoms with van der Waals surface area (Å²) in [6.45, 7) is 2.37. The zero-order valence-corrected chi connectivity index (χ0v) is 12.2. The molecule has 1 saturated heterocycles. The Labute approximate surface area is 116 Å². The summed E-state index contributed by atoms with van der Waals surface area (Å²) < 4.78 is 0. The molecule has 3 heteroatoms. The molecule has 0 N–H and O–H groups in total. The summed E-state index contributed by atoms with van der Waals surface area (Å²) in [7, 11) is 4.41. The number of anilines is 1. The molecule has 1 aliphatic rings. The summed E-state index contributed by atoms with van der Waals surface area (Å²) in [5.74, 6) is 0. The van der Waals surface area contributed by atoms with Gasteiger partial charge in [0.05, 0.1) is 0 Å². The number of benzene rings is 1. The molecule has 0 aliphatic carbocycles. The Morgan fingerprint density at radius 2 is 2.00 bits per heavy atom. The van der Waals surface area contributed by atoms with Gasteiger partial charge in [-0.15, -0.1) is 0 Å². The van der Waals surface area contributed by atoms with E-state index >= 15 is 0 Å². The molecule has 1 aromatic rings. The molecule has 0 saturated carbocycles. The van der Waals surface area contributed by atoms with Crippen LogP contribution in [0.5, 0.6) is 0 Å². The minimum atomic E-state index is 0.758. The number of rotatable bonds is 4. The van der Waals surface area contributed by atoms with E-state index < -0.39 is 0 Å². The van der Waals surface area contributed by atoms with Crippen LogP contribution in [-0.4, -0.2) is 38.1 Å². The van der Waals surface area contributed by atoms with Crippen LogP contribution in [0, 0.1) is 0 Å². The minimum Gasteiger partial charge on any atom is -0.375 e. The molecule has 0 radical (unpaired) electrons. The molecule has 0 amide bonds. The van der Waals surface area contributed by atoms with Crippen LogP contribution in [0.3, 0.4) is 0 Å². The largest absolute Gasteiger partial charge is 0.375 e. The second kappa shape index (κ2) is 6.44. The Morgan fingerprint density at radius 1 is 1.28 bits per heavy atom. The van der Waals surface area contributed by atoms with Gasteiger partial charge in [-0.05, 0) is 57.1 Å². The first kappa shape index (κ1) is 13.7. The average molecular weight is 267 g/mol. The first-order valence-electron chi connectivity index (χ1n) is 6.84. The fourth-order valence-electron chi connectivity index (χ4n) is 2.68. The van der Waals surface area contributed by atoms with E-state index in [0.29, 0.717) is 0 Å². The fraction of sp³-hybridized carbons (Fsp3) is 0.600. The van der Waals surface area contributed by atoms with Crippen LogP contribution in [0.1, 0.15) is 25.7 Å². The van der Waals surface area contributed by atoms with Crippen LogP contribution in [0.2, 0.25) is 5.02 Å². The van der Waals surface area contributed by atoms with Gasteiger partial charge in [0.2, 0.25) is 0 Å². The lowest BCUT2D eigenvalue weighted by atomic mass is 10.00. The quantitative estimate of drug-likeness (QED) is 0.821. The van der Waals surface area contributed by atoms with Crippen LogP contribution in [0.25, 0.3) is 0 Å². The van der Waals surface area contributed by atoms with Gasteiger partial charge in [0.1, 0.15) is 0 Å². The van der Waals surface area contributed by atoms with Crippen molar-refractivity contribution < 1.29 is 0 Å². The van der Waals surface area contributed by atoms with Crippen LogP contribution in [-0.2, 0) is 0 Å². The van der Waals surface area contributed by atoms with Crippen LogP contribution >= 0.6 is 11.6 Å². The first-order valence-corrected chi connectivity index (χ1v) is 7.21. The highest BCUT2D eigenvalue weighted by Gasteiger charge is 2.18. The van der Waals surface area contributed by atoms with Crippen molar-refractivity contribution >= 4 is 17.3 Å². The Morgan fingerprint density at radius 3 is 2.67 bits per heavy atom. The minimum absolute atomic E-state index is 0.758. The van der Waals surface area contributed by atoms with E-state index in [1.165, 1.54) is 37.9 Å². The van der Waals surface area contributed by atoms with E-state index in [1.54, 1.807) is 0 Å². The fourth-order valence-corrected chi connectivity index (χ4v) is 2.80. The molecule has 100 valence electrons. The second-order valence-electron chi connectivity index (χ2n) is 5.32. The summed E-state index contributed by atoms with van der Waals surface area (Å²) in [6.07, 6.45) is 5.35. The zero-order chi connectivity index (χ0) is 13.0. The van der Waals surface area contributed by atoms with Gasteiger partial charge in [-0.2, -0.15) is 0 Å². The predicted molar refractivity (Wildman–Crippen MR) is 79.6 cm³/mol. The van der Waals surface area contributed by atoms with Crippen molar-refractivity contribution in [3.05, 3.63) is 29.3 Å². The molecular formula is C15H23ClN2. The van der Waals surface area contributed by atoms with Crippen LogP contribution in [0.15, 0.2) is 24.3 Å². The van der Waals surface area contributed by atoms with Gasteiger partial charge < -0.3 is 9.80 Å². The molecule has 18 heavy (non-hydrogen) atoms. The van der Waals surface area contributed by atoms with Crippen LogP contribution in [0.4, 0.5) is 5.69 Å². The Bertz CT molecular complexity index is 363. The molecule has 2 rings (SSSR count). The lowest BCUT2D eigenvalue weighted by molar-refractivity contribution is 0.178. The van der Waals surface area contributed by atoms with Crippen molar-refractivity contribution in [1.29, 1.82) is 0 Å². The lowest BCUT2D eigenvalue weighted by Crippen LogP contribution is -2.38. The molecule has 0 spiro atoms. The van der Waals surface area contributed by atoms with Gasteiger partial charge in [0.25, 0.3) is 0 Å². The van der Waals surface area contributed by atoms with E-state index in [4.69, 9.17) is 11.6 Å². The van der Waals surface area contributed by atoms with Gasteiger partial charge in [0.15, 0.2) is 0 Å². The monoisotopic (exact) mass is 266 g/mol. The van der Waals surface area contributed by atoms with Gasteiger partial charge in [-0.3, -0.25) is 0 Å². The van der Waals surface area contributed by atoms with E-state index in [0.717, 1.165) is 17.6 Å². The third-order valence-corrected chi connectivity index (χ3v) is 4.24. The van der Waals surface area contributed by atoms with Crippen molar-refractivity contribution in [2.45, 2.75) is 31.7 Å². The molecule has 1 fully saturated rings. The highest BCUT2D eigenvalue weighted by atomic mass is 35.5. The number of halogens is 1. The second-order valence-corrected chi connectivity index (χ2v) is 5.75. The number of piperidine rings is 1. The first-order chi connectivity index (χ1) is 8.66. The maximum absolute atomic E-state index is 5.91. The number of nitrogens with zero attached hydrogens (tertiary/aromatic N) is 2. The maximum Gasteiger partial charge on any atom is 0.0407 e. The van der Waals surface area contributed by atoms with Crippen LogP contribution < -0.4 is 4.90 Å². The van der Waals surface area contributed by atoms with Crippen molar-refractivity contribution in [2.75, 3.05) is 32.1 Å². The third kappa shape index (κ3) is 3.63. The van der Waals surface area contributed by atoms with Gasteiger partial charge >= 0.3 is 0 Å². The number of hydrogen-bond acceptors (Lipinski definition) is 2. The summed E-state index contributed by atoms with van der Waals surface area (Å²) in [4.78, 5) is 4.83. The third-order valence-electron chi connectivity index (χ3n) is 3.99. The molecule has 0 aromatic heterocycles. The standard InChI is InChI=1S/C15H23ClN2/c1-17-11-4-3-5-14(17)10-12-18(2)15-8-6-13(16)7-9-15/h6-9,14H,3-5,10-12H2,1-2H3. The molecule has 1 unspecified atom stereocenters. The normalized spacial score (nSPS) is 20.9. The summed E-state index contributed by atoms with van der Waals surface area (Å²) in [6, 6.07) is 8.86. The van der Waals surface area contributed by atoms with E-state index in [1.807, 2.05) is 12.1 Å². The molecular weight excluding hydrogens is 244 g/mol. The topological polar surface area (TPSA) is 6.48 Å². The molecule has 1 heterocycles. The summed E-state index contributed by atoms with van der Waals surface area (Å²) >= 11 is 5.91. The highest BCUT2D eigenvalue weighted by Crippen LogP contribution is 2.20. The lowest BCUT2D eigenvalue weighted by Gasteiger charge is -2.33. The van der Waals surface area contributed by atoms with Crippen molar-refractivity contribution in [3.63, 3.8) is 0 Å². The summed E-state index contributed by atoms with van der Waals surface area (Å²) in [5.41, 5.74) is 1.25. The average Bonchev–Trinajstić information content (AvgIpc) is 2.38. The summed E-state index contributed by atoms with van der Waals surface area (Å²) in [5, 5.41) is 0.805. The zero-order valence-electron chi connectivity index (χ0n) is 11.4. The van der Waals surface area contributed by atoms with Crippen molar-refractivity contribution in [1.82, 2.24) is 4.90 Å². The van der Waals surface area contributed by atoms with Crippen molar-refractivity contribution in [2.24, 2.45) is 0 Å². The highest BCUT2D eigenvalue weighted by molar-refractivity contribution is 6.30. The van der Waals surface area contributed by atoms with E-state index in [9.17, 15) is 0 Å². The molecule has 1 atom stereocenters. The number of hydrogen-bond donors (Lipinski definition) is 0. The van der Waals surface area contributed by atoms with E-state index in [-0.39, 0.29) is 0 Å². The Kier molecular flexibility index (Phi) is 4.90. The van der Waals surface area contributed by atoms with Gasteiger partial charge in [-0.25, -0.2) is 0 Å². The SMILES string of the molecule is CN(CCC1CCCCN1C)c1ccc(Cl)cc1. The molecule has 1 aliphatic heterocycles. The van der Waals surface area contributed by atoms with E-state index in [2.05, 4.69) is 36.0 Å². The Balaban J connectivity index is 1.83. The van der Waals surface area contributed by atoms with Crippen molar-refractivity contribution in [3.8, 4) is 0 Å².